The zero-order valence-electron chi connectivity index (χ0n) is 14.9. The summed E-state index contributed by atoms with van der Waals surface area (Å²) in [4.78, 5) is 25.0. The Morgan fingerprint density at radius 3 is 2.46 bits per heavy atom. The average Bonchev–Trinajstić information content (AvgIpc) is 2.67. The zero-order chi connectivity index (χ0) is 18.9. The molecular formula is C19H21NO5S. The number of esters is 1. The molecule has 0 heterocycles. The minimum atomic E-state index is -0.448. The van der Waals surface area contributed by atoms with E-state index in [1.165, 1.54) is 18.9 Å². The lowest BCUT2D eigenvalue weighted by Gasteiger charge is -2.13. The van der Waals surface area contributed by atoms with Gasteiger partial charge in [-0.05, 0) is 31.2 Å². The highest BCUT2D eigenvalue weighted by Crippen LogP contribution is 2.29. The summed E-state index contributed by atoms with van der Waals surface area (Å²) in [6, 6.07) is 14.5. The minimum absolute atomic E-state index is 0.367. The van der Waals surface area contributed by atoms with E-state index in [1.807, 2.05) is 30.3 Å². The number of amides is 1. The number of carbonyl (C=O) groups is 2. The molecule has 0 fully saturated rings. The lowest BCUT2D eigenvalue weighted by molar-refractivity contribution is -0.146. The Bertz CT molecular complexity index is 751. The van der Waals surface area contributed by atoms with Gasteiger partial charge in [-0.3, -0.25) is 9.59 Å². The Labute approximate surface area is 156 Å². The van der Waals surface area contributed by atoms with Gasteiger partial charge in [-0.1, -0.05) is 18.2 Å². The number of hydrogen-bond acceptors (Lipinski definition) is 6. The van der Waals surface area contributed by atoms with Gasteiger partial charge in [-0.15, -0.1) is 11.8 Å². The number of hydrogen-bond donors (Lipinski definition) is 1. The molecule has 0 aliphatic rings. The summed E-state index contributed by atoms with van der Waals surface area (Å²) in [7, 11) is 3.04. The van der Waals surface area contributed by atoms with Crippen molar-refractivity contribution in [2.45, 2.75) is 17.1 Å². The summed E-state index contributed by atoms with van der Waals surface area (Å²) in [6.45, 7) is 1.37. The zero-order valence-corrected chi connectivity index (χ0v) is 15.7. The van der Waals surface area contributed by atoms with E-state index in [0.29, 0.717) is 17.2 Å². The Morgan fingerprint density at radius 1 is 1.08 bits per heavy atom. The Morgan fingerprint density at radius 2 is 1.81 bits per heavy atom. The van der Waals surface area contributed by atoms with E-state index in [2.05, 4.69) is 5.32 Å². The third-order valence-corrected chi connectivity index (χ3v) is 4.51. The molecule has 2 aromatic rings. The first-order chi connectivity index (χ1) is 12.5. The molecule has 2 aromatic carbocycles. The monoisotopic (exact) mass is 375 g/mol. The lowest BCUT2D eigenvalue weighted by atomic mass is 10.2. The second-order valence-corrected chi connectivity index (χ2v) is 6.71. The Balaban J connectivity index is 1.85. The summed E-state index contributed by atoms with van der Waals surface area (Å²) in [5, 5.41) is 2.24. The molecule has 0 radical (unpaired) electrons. The summed E-state index contributed by atoms with van der Waals surface area (Å²) >= 11 is 1.38. The van der Waals surface area contributed by atoms with Crippen LogP contribution < -0.4 is 14.8 Å². The highest BCUT2D eigenvalue weighted by molar-refractivity contribution is 8.00. The first-order valence-electron chi connectivity index (χ1n) is 7.93. The van der Waals surface area contributed by atoms with Crippen molar-refractivity contribution in [2.75, 3.05) is 26.1 Å². The third-order valence-electron chi connectivity index (χ3n) is 3.42. The molecule has 2 rings (SSSR count). The maximum absolute atomic E-state index is 12.0. The lowest BCUT2D eigenvalue weighted by Crippen LogP contribution is -2.25. The molecule has 1 N–H and O–H groups in total. The Hall–Kier alpha value is -2.67. The van der Waals surface area contributed by atoms with Gasteiger partial charge in [-0.25, -0.2) is 0 Å². The largest absolute Gasteiger partial charge is 0.497 e. The molecule has 6 nitrogen and oxygen atoms in total. The molecular weight excluding hydrogens is 354 g/mol. The number of ether oxygens (including phenoxy) is 3. The van der Waals surface area contributed by atoms with Crippen LogP contribution in [0.25, 0.3) is 0 Å². The number of benzene rings is 2. The van der Waals surface area contributed by atoms with Crippen molar-refractivity contribution in [1.82, 2.24) is 0 Å². The maximum Gasteiger partial charge on any atom is 0.319 e. The van der Waals surface area contributed by atoms with Crippen LogP contribution in [0.15, 0.2) is 53.4 Å². The van der Waals surface area contributed by atoms with Crippen LogP contribution in [0.1, 0.15) is 6.92 Å². The molecule has 0 saturated carbocycles. The van der Waals surface area contributed by atoms with Gasteiger partial charge in [0.15, 0.2) is 6.61 Å². The summed E-state index contributed by atoms with van der Waals surface area (Å²) < 4.78 is 15.4. The van der Waals surface area contributed by atoms with Crippen LogP contribution in [-0.4, -0.2) is 38.0 Å². The van der Waals surface area contributed by atoms with Crippen LogP contribution in [-0.2, 0) is 14.3 Å². The van der Waals surface area contributed by atoms with Gasteiger partial charge in [0.1, 0.15) is 16.7 Å². The number of anilines is 1. The summed E-state index contributed by atoms with van der Waals surface area (Å²) in [5.41, 5.74) is 0.473. The quantitative estimate of drug-likeness (QED) is 0.563. The van der Waals surface area contributed by atoms with Crippen molar-refractivity contribution >= 4 is 29.3 Å². The van der Waals surface area contributed by atoms with Gasteiger partial charge in [0, 0.05) is 11.0 Å². The molecule has 0 aliphatic carbocycles. The van der Waals surface area contributed by atoms with Crippen molar-refractivity contribution in [3.8, 4) is 11.5 Å². The molecule has 26 heavy (non-hydrogen) atoms. The number of rotatable bonds is 8. The molecule has 1 amide bonds. The van der Waals surface area contributed by atoms with E-state index in [4.69, 9.17) is 14.2 Å². The van der Waals surface area contributed by atoms with E-state index >= 15 is 0 Å². The van der Waals surface area contributed by atoms with Crippen molar-refractivity contribution in [3.63, 3.8) is 0 Å². The van der Waals surface area contributed by atoms with E-state index in [9.17, 15) is 9.59 Å². The minimum Gasteiger partial charge on any atom is -0.497 e. The van der Waals surface area contributed by atoms with Crippen LogP contribution in [0.5, 0.6) is 11.5 Å². The first-order valence-corrected chi connectivity index (χ1v) is 8.81. The number of thioether (sulfide) groups is 1. The van der Waals surface area contributed by atoms with Crippen LogP contribution in [0, 0.1) is 0 Å². The second kappa shape index (κ2) is 9.72. The molecule has 0 aromatic heterocycles. The van der Waals surface area contributed by atoms with Gasteiger partial charge in [-0.2, -0.15) is 0 Å². The van der Waals surface area contributed by atoms with E-state index in [0.717, 1.165) is 4.90 Å². The predicted molar refractivity (Wildman–Crippen MR) is 101 cm³/mol. The highest BCUT2D eigenvalue weighted by atomic mass is 32.2. The standard InChI is InChI=1S/C19H21NO5S/c1-13(26-15-7-5-4-6-8-15)19(22)25-12-18(21)20-16-10-9-14(23-2)11-17(16)24-3/h4-11,13H,12H2,1-3H3,(H,20,21)/t13-/m0/s1. The van der Waals surface area contributed by atoms with Gasteiger partial charge in [0.05, 0.1) is 19.9 Å². The fourth-order valence-corrected chi connectivity index (χ4v) is 2.98. The average molecular weight is 375 g/mol. The van der Waals surface area contributed by atoms with E-state index in [-0.39, 0.29) is 6.61 Å². The molecule has 7 heteroatoms. The highest BCUT2D eigenvalue weighted by Gasteiger charge is 2.18. The fourth-order valence-electron chi connectivity index (χ4n) is 2.09. The molecule has 0 saturated heterocycles. The van der Waals surface area contributed by atoms with Crippen LogP contribution in [0.4, 0.5) is 5.69 Å². The number of methoxy groups -OCH3 is 2. The van der Waals surface area contributed by atoms with Crippen molar-refractivity contribution in [3.05, 3.63) is 48.5 Å². The summed E-state index contributed by atoms with van der Waals surface area (Å²) in [6.07, 6.45) is 0. The Kier molecular flexibility index (Phi) is 7.35. The SMILES string of the molecule is COc1ccc(NC(=O)COC(=O)[C@H](C)Sc2ccccc2)c(OC)c1. The van der Waals surface area contributed by atoms with Crippen LogP contribution in [0.3, 0.4) is 0 Å². The number of nitrogens with one attached hydrogen (secondary N) is 1. The number of carbonyl (C=O) groups excluding carboxylic acids is 2. The van der Waals surface area contributed by atoms with Gasteiger partial charge in [0.2, 0.25) is 0 Å². The van der Waals surface area contributed by atoms with Crippen LogP contribution >= 0.6 is 11.8 Å². The fraction of sp³-hybridized carbons (Fsp3) is 0.263. The molecule has 0 unspecified atom stereocenters. The summed E-state index contributed by atoms with van der Waals surface area (Å²) in [5.74, 6) is 0.171. The van der Waals surface area contributed by atoms with Gasteiger partial charge >= 0.3 is 5.97 Å². The van der Waals surface area contributed by atoms with E-state index in [1.54, 1.807) is 32.2 Å². The van der Waals surface area contributed by atoms with Gasteiger partial charge < -0.3 is 19.5 Å². The molecule has 0 bridgehead atoms. The van der Waals surface area contributed by atoms with Crippen molar-refractivity contribution < 1.29 is 23.8 Å². The van der Waals surface area contributed by atoms with E-state index < -0.39 is 17.1 Å². The molecule has 0 aliphatic heterocycles. The maximum atomic E-state index is 12.0. The first kappa shape index (κ1) is 19.7. The smallest absolute Gasteiger partial charge is 0.319 e. The van der Waals surface area contributed by atoms with Crippen LogP contribution in [0.2, 0.25) is 0 Å². The molecule has 0 spiro atoms. The second-order valence-electron chi connectivity index (χ2n) is 5.30. The third kappa shape index (κ3) is 5.70. The predicted octanol–water partition coefficient (Wildman–Crippen LogP) is 3.37. The van der Waals surface area contributed by atoms with Gasteiger partial charge in [0.25, 0.3) is 5.91 Å². The topological polar surface area (TPSA) is 73.9 Å². The normalized spacial score (nSPS) is 11.3. The molecule has 1 atom stereocenters. The van der Waals surface area contributed by atoms with Crippen molar-refractivity contribution in [2.24, 2.45) is 0 Å². The molecule has 138 valence electrons. The van der Waals surface area contributed by atoms with Crippen molar-refractivity contribution in [1.29, 1.82) is 0 Å².